The zero-order valence-corrected chi connectivity index (χ0v) is 22.7. The van der Waals surface area contributed by atoms with Crippen molar-refractivity contribution in [1.29, 1.82) is 0 Å². The van der Waals surface area contributed by atoms with E-state index in [0.29, 0.717) is 12.2 Å². The fourth-order valence-electron chi connectivity index (χ4n) is 3.89. The number of halogens is 1. The predicted octanol–water partition coefficient (Wildman–Crippen LogP) is 0.417. The largest absolute Gasteiger partial charge is 0.504 e. The first-order valence-corrected chi connectivity index (χ1v) is 11.8. The van der Waals surface area contributed by atoms with Crippen LogP contribution in [0.5, 0.6) is 11.5 Å². The lowest BCUT2D eigenvalue weighted by Crippen LogP contribution is -2.46. The molecule has 1 aromatic rings. The third kappa shape index (κ3) is 9.50. The van der Waals surface area contributed by atoms with Crippen LogP contribution in [0.15, 0.2) is 18.2 Å². The first-order chi connectivity index (χ1) is 16.7. The summed E-state index contributed by atoms with van der Waals surface area (Å²) < 4.78 is 23.0. The van der Waals surface area contributed by atoms with Gasteiger partial charge >= 0.3 is 5.97 Å². The minimum absolute atomic E-state index is 0. The molecule has 3 rings (SSSR count). The second-order valence-electron chi connectivity index (χ2n) is 10.0. The molecule has 13 heteroatoms. The first kappa shape index (κ1) is 33.3. The van der Waals surface area contributed by atoms with Crippen molar-refractivity contribution in [3.63, 3.8) is 0 Å². The average Bonchev–Trinajstić information content (AvgIpc) is 3.25. The Balaban J connectivity index is 0.000000381. The van der Waals surface area contributed by atoms with Crippen LogP contribution >= 0.6 is 12.4 Å². The summed E-state index contributed by atoms with van der Waals surface area (Å²) in [5, 5.41) is 46.1. The zero-order chi connectivity index (χ0) is 27.3. The summed E-state index contributed by atoms with van der Waals surface area (Å²) in [7, 11) is 4.01. The molecule has 214 valence electrons. The summed E-state index contributed by atoms with van der Waals surface area (Å²) in [6.45, 7) is 6.08. The molecule has 0 aliphatic carbocycles. The van der Waals surface area contributed by atoms with Gasteiger partial charge in [0.2, 0.25) is 0 Å². The maximum atomic E-state index is 10.7. The second kappa shape index (κ2) is 13.9. The first-order valence-electron chi connectivity index (χ1n) is 11.8. The van der Waals surface area contributed by atoms with Crippen molar-refractivity contribution in [1.82, 2.24) is 4.90 Å². The molecule has 7 N–H and O–H groups in total. The highest BCUT2D eigenvalue weighted by molar-refractivity contribution is 5.85. The summed E-state index contributed by atoms with van der Waals surface area (Å²) >= 11 is 0. The smallest absolute Gasteiger partial charge is 0.323 e. The standard InChI is InChI=1S/C14H27NO6.C10H13NO4.ClH/c1-14(2)20-12-11(18-7-5-6-15(3)4)10(9(17)8-16)19-13(12)21-14;1-10(11,9(14)15)5-6-2-3-7(12)8(13)4-6;/h9-13,16-17H,5-8H2,1-4H3;2-4,12-13H,5,11H2,1H3,(H,14,15);1H. The number of phenolic OH excluding ortho intramolecular Hbond substituents is 2. The number of nitrogens with two attached hydrogens (primary N) is 1. The van der Waals surface area contributed by atoms with Gasteiger partial charge in [-0.2, -0.15) is 0 Å². The van der Waals surface area contributed by atoms with Crippen LogP contribution < -0.4 is 5.73 Å². The molecular formula is C24H41ClN2O10. The van der Waals surface area contributed by atoms with E-state index in [2.05, 4.69) is 4.90 Å². The Bertz CT molecular complexity index is 870. The van der Waals surface area contributed by atoms with E-state index in [1.54, 1.807) is 0 Å². The minimum Gasteiger partial charge on any atom is -0.504 e. The summed E-state index contributed by atoms with van der Waals surface area (Å²) in [6, 6.07) is 4.11. The molecule has 2 saturated heterocycles. The number of benzene rings is 1. The number of fused-ring (bicyclic) bond motifs is 1. The van der Waals surface area contributed by atoms with Crippen LogP contribution in [0.4, 0.5) is 0 Å². The van der Waals surface area contributed by atoms with E-state index in [0.717, 1.165) is 13.0 Å². The van der Waals surface area contributed by atoms with Gasteiger partial charge in [0, 0.05) is 13.0 Å². The number of nitrogens with zero attached hydrogens (tertiary/aromatic N) is 1. The van der Waals surface area contributed by atoms with E-state index < -0.39 is 41.9 Å². The van der Waals surface area contributed by atoms with Crippen LogP contribution in [-0.2, 0) is 30.2 Å². The second-order valence-corrected chi connectivity index (χ2v) is 10.0. The van der Waals surface area contributed by atoms with Crippen molar-refractivity contribution in [3.8, 4) is 11.5 Å². The van der Waals surface area contributed by atoms with Gasteiger partial charge in [0.25, 0.3) is 0 Å². The van der Waals surface area contributed by atoms with Gasteiger partial charge in [-0.3, -0.25) is 4.79 Å². The number of carboxylic acid groups (broad SMARTS) is 1. The number of carbonyl (C=O) groups is 1. The van der Waals surface area contributed by atoms with Crippen LogP contribution in [0, 0.1) is 0 Å². The highest BCUT2D eigenvalue weighted by Gasteiger charge is 2.56. The van der Waals surface area contributed by atoms with Crippen LogP contribution in [0.25, 0.3) is 0 Å². The molecule has 0 aromatic heterocycles. The maximum Gasteiger partial charge on any atom is 0.323 e. The number of aliphatic hydroxyl groups is 2. The van der Waals surface area contributed by atoms with Gasteiger partial charge in [0.1, 0.15) is 30.0 Å². The summed E-state index contributed by atoms with van der Waals surface area (Å²) in [5.41, 5.74) is 4.70. The Morgan fingerprint density at radius 1 is 1.24 bits per heavy atom. The SMILES string of the molecule is CC(N)(Cc1ccc(O)c(O)c1)C(=O)O.CN(C)CCCOC1C(C(O)CO)OC2OC(C)(C)OC21.Cl. The molecular weight excluding hydrogens is 512 g/mol. The molecule has 2 aliphatic rings. The summed E-state index contributed by atoms with van der Waals surface area (Å²) in [4.78, 5) is 12.8. The van der Waals surface area contributed by atoms with Gasteiger partial charge in [-0.25, -0.2) is 0 Å². The van der Waals surface area contributed by atoms with E-state index in [1.807, 2.05) is 27.9 Å². The van der Waals surface area contributed by atoms with Crippen molar-refractivity contribution >= 4 is 18.4 Å². The van der Waals surface area contributed by atoms with Gasteiger partial charge in [-0.05, 0) is 65.5 Å². The fraction of sp³-hybridized carbons (Fsp3) is 0.708. The Morgan fingerprint density at radius 2 is 1.89 bits per heavy atom. The quantitative estimate of drug-likeness (QED) is 0.174. The molecule has 2 aliphatic heterocycles. The van der Waals surface area contributed by atoms with Crippen molar-refractivity contribution in [3.05, 3.63) is 23.8 Å². The van der Waals surface area contributed by atoms with Crippen LogP contribution in [0.3, 0.4) is 0 Å². The van der Waals surface area contributed by atoms with E-state index in [-0.39, 0.29) is 43.0 Å². The van der Waals surface area contributed by atoms with E-state index >= 15 is 0 Å². The number of hydrogen-bond donors (Lipinski definition) is 6. The highest BCUT2D eigenvalue weighted by Crippen LogP contribution is 2.39. The number of carboxylic acids is 1. The Kier molecular flexibility index (Phi) is 12.5. The van der Waals surface area contributed by atoms with Crippen molar-refractivity contribution in [2.75, 3.05) is 33.9 Å². The normalized spacial score (nSPS) is 26.4. The summed E-state index contributed by atoms with van der Waals surface area (Å²) in [6.07, 6.45) is -2.09. The van der Waals surface area contributed by atoms with Crippen molar-refractivity contribution in [2.45, 2.75) is 75.6 Å². The molecule has 0 bridgehead atoms. The van der Waals surface area contributed by atoms with Gasteiger partial charge in [0.15, 0.2) is 23.6 Å². The molecule has 0 radical (unpaired) electrons. The average molecular weight is 553 g/mol. The molecule has 37 heavy (non-hydrogen) atoms. The topological polar surface area (TPSA) is 184 Å². The molecule has 1 aromatic carbocycles. The molecule has 2 fully saturated rings. The zero-order valence-electron chi connectivity index (χ0n) is 21.9. The highest BCUT2D eigenvalue weighted by atomic mass is 35.5. The number of aliphatic hydroxyl groups excluding tert-OH is 2. The molecule has 0 amide bonds. The lowest BCUT2D eigenvalue weighted by molar-refractivity contribution is -0.231. The van der Waals surface area contributed by atoms with E-state index in [1.165, 1.54) is 25.1 Å². The number of ether oxygens (including phenoxy) is 4. The molecule has 2 heterocycles. The minimum atomic E-state index is -1.39. The Hall–Kier alpha value is -1.74. The monoisotopic (exact) mass is 552 g/mol. The molecule has 0 spiro atoms. The van der Waals surface area contributed by atoms with Crippen LogP contribution in [-0.4, -0.2) is 112 Å². The number of hydrogen-bond acceptors (Lipinski definition) is 11. The van der Waals surface area contributed by atoms with Gasteiger partial charge in [0.05, 0.1) is 6.61 Å². The molecule has 6 unspecified atom stereocenters. The van der Waals surface area contributed by atoms with Crippen molar-refractivity contribution in [2.24, 2.45) is 5.73 Å². The van der Waals surface area contributed by atoms with E-state index in [4.69, 9.17) is 40.0 Å². The van der Waals surface area contributed by atoms with Gasteiger partial charge < -0.3 is 55.1 Å². The third-order valence-electron chi connectivity index (χ3n) is 5.75. The Labute approximate surface area is 223 Å². The maximum absolute atomic E-state index is 10.7. The van der Waals surface area contributed by atoms with Crippen LogP contribution in [0.2, 0.25) is 0 Å². The fourth-order valence-corrected chi connectivity index (χ4v) is 3.89. The summed E-state index contributed by atoms with van der Waals surface area (Å²) in [5.74, 6) is -2.37. The predicted molar refractivity (Wildman–Crippen MR) is 136 cm³/mol. The lowest BCUT2D eigenvalue weighted by atomic mass is 9.94. The van der Waals surface area contributed by atoms with Gasteiger partial charge in [-0.1, -0.05) is 6.07 Å². The number of aliphatic carboxylic acids is 1. The molecule has 0 saturated carbocycles. The molecule has 6 atom stereocenters. The van der Waals surface area contributed by atoms with Crippen molar-refractivity contribution < 1.29 is 49.3 Å². The number of rotatable bonds is 10. The number of phenols is 2. The van der Waals surface area contributed by atoms with Gasteiger partial charge in [-0.15, -0.1) is 12.4 Å². The van der Waals surface area contributed by atoms with Crippen LogP contribution in [0.1, 0.15) is 32.8 Å². The van der Waals surface area contributed by atoms with E-state index in [9.17, 15) is 15.0 Å². The lowest BCUT2D eigenvalue weighted by Gasteiger charge is -2.28. The Morgan fingerprint density at radius 3 is 2.43 bits per heavy atom. The number of aromatic hydroxyl groups is 2. The molecule has 12 nitrogen and oxygen atoms in total. The third-order valence-corrected chi connectivity index (χ3v) is 5.75.